The van der Waals surface area contributed by atoms with Gasteiger partial charge >= 0.3 is 11.3 Å². The van der Waals surface area contributed by atoms with Gasteiger partial charge in [-0.15, -0.1) is 0 Å². The molecule has 0 aliphatic heterocycles. The van der Waals surface area contributed by atoms with E-state index in [4.69, 9.17) is 4.42 Å². The number of hydrogen-bond donors (Lipinski definition) is 0. The van der Waals surface area contributed by atoms with E-state index in [1.165, 1.54) is 27.5 Å². The lowest BCUT2D eigenvalue weighted by atomic mass is 10.0. The average Bonchev–Trinajstić information content (AvgIpc) is 2.75. The first-order chi connectivity index (χ1) is 8.81. The standard InChI is InChI=1S/C17H15O/c1-11-8-13-10-15-14-5-3-2-4-12(14)6-7-16(15)18-17(13)9-11/h2-7,10-11H,8-9H2,1H3/q+1. The van der Waals surface area contributed by atoms with Gasteiger partial charge < -0.3 is 0 Å². The maximum Gasteiger partial charge on any atom is 0.360 e. The summed E-state index contributed by atoms with van der Waals surface area (Å²) in [5, 5.41) is 3.83. The predicted molar refractivity (Wildman–Crippen MR) is 74.7 cm³/mol. The van der Waals surface area contributed by atoms with E-state index in [1.54, 1.807) is 0 Å². The van der Waals surface area contributed by atoms with Gasteiger partial charge in [-0.3, -0.25) is 0 Å². The Labute approximate surface area is 106 Å². The summed E-state index contributed by atoms with van der Waals surface area (Å²) in [6.07, 6.45) is 2.23. The molecular weight excluding hydrogens is 220 g/mol. The Bertz CT molecular complexity index is 758. The zero-order chi connectivity index (χ0) is 12.1. The third kappa shape index (κ3) is 1.37. The van der Waals surface area contributed by atoms with Crippen molar-refractivity contribution in [2.75, 3.05) is 0 Å². The molecule has 1 aromatic heterocycles. The van der Waals surface area contributed by atoms with Crippen LogP contribution >= 0.6 is 0 Å². The topological polar surface area (TPSA) is 11.3 Å². The van der Waals surface area contributed by atoms with Gasteiger partial charge in [0.1, 0.15) is 0 Å². The first-order valence-corrected chi connectivity index (χ1v) is 6.57. The molecule has 3 aromatic rings. The molecule has 18 heavy (non-hydrogen) atoms. The van der Waals surface area contributed by atoms with E-state index in [1.807, 2.05) is 0 Å². The third-order valence-corrected chi connectivity index (χ3v) is 3.94. The highest BCUT2D eigenvalue weighted by molar-refractivity contribution is 6.05. The van der Waals surface area contributed by atoms with Gasteiger partial charge in [-0.1, -0.05) is 31.2 Å². The molecule has 1 aliphatic carbocycles. The molecule has 1 nitrogen and oxygen atoms in total. The fourth-order valence-corrected chi connectivity index (χ4v) is 3.08. The van der Waals surface area contributed by atoms with Crippen molar-refractivity contribution in [3.05, 3.63) is 53.8 Å². The van der Waals surface area contributed by atoms with Crippen molar-refractivity contribution in [3.8, 4) is 0 Å². The Kier molecular flexibility index (Phi) is 1.99. The van der Waals surface area contributed by atoms with Gasteiger partial charge in [0.25, 0.3) is 0 Å². The molecule has 4 rings (SSSR count). The largest absolute Gasteiger partial charge is 0.360 e. The quantitative estimate of drug-likeness (QED) is 0.409. The van der Waals surface area contributed by atoms with Crippen molar-refractivity contribution in [2.24, 2.45) is 5.92 Å². The summed E-state index contributed by atoms with van der Waals surface area (Å²) in [6, 6.07) is 15.1. The molecule has 2 aromatic carbocycles. The minimum absolute atomic E-state index is 0.715. The van der Waals surface area contributed by atoms with Crippen LogP contribution in [0.15, 0.2) is 46.9 Å². The summed E-state index contributed by atoms with van der Waals surface area (Å²) >= 11 is 0. The van der Waals surface area contributed by atoms with Crippen LogP contribution in [0.5, 0.6) is 0 Å². The van der Waals surface area contributed by atoms with Crippen molar-refractivity contribution in [1.82, 2.24) is 0 Å². The highest BCUT2D eigenvalue weighted by Gasteiger charge is 2.29. The molecule has 1 aliphatic rings. The summed E-state index contributed by atoms with van der Waals surface area (Å²) in [5.41, 5.74) is 2.41. The second-order valence-electron chi connectivity index (χ2n) is 5.41. The van der Waals surface area contributed by atoms with Gasteiger partial charge in [-0.25, -0.2) is 4.42 Å². The van der Waals surface area contributed by atoms with Crippen LogP contribution in [0.3, 0.4) is 0 Å². The highest BCUT2D eigenvalue weighted by atomic mass is 16.3. The molecule has 0 bridgehead atoms. The monoisotopic (exact) mass is 235 g/mol. The molecule has 0 radical (unpaired) electrons. The number of hydrogen-bond acceptors (Lipinski definition) is 0. The molecule has 0 saturated heterocycles. The molecular formula is C17H15O+. The molecule has 0 saturated carbocycles. The Morgan fingerprint density at radius 3 is 2.83 bits per heavy atom. The van der Waals surface area contributed by atoms with E-state index < -0.39 is 0 Å². The molecule has 1 unspecified atom stereocenters. The summed E-state index contributed by atoms with van der Waals surface area (Å²) in [5.74, 6) is 1.90. The van der Waals surface area contributed by atoms with E-state index in [0.29, 0.717) is 5.92 Å². The summed E-state index contributed by atoms with van der Waals surface area (Å²) in [6.45, 7) is 2.29. The van der Waals surface area contributed by atoms with Gasteiger partial charge in [0.15, 0.2) is 0 Å². The van der Waals surface area contributed by atoms with Gasteiger partial charge in [0, 0.05) is 6.07 Å². The van der Waals surface area contributed by atoms with Gasteiger partial charge in [-0.05, 0) is 35.2 Å². The van der Waals surface area contributed by atoms with Crippen LogP contribution in [0.25, 0.3) is 21.7 Å². The van der Waals surface area contributed by atoms with Crippen LogP contribution in [0.1, 0.15) is 18.2 Å². The van der Waals surface area contributed by atoms with Crippen LogP contribution in [0.2, 0.25) is 0 Å². The summed E-state index contributed by atoms with van der Waals surface area (Å²) < 4.78 is 6.08. The molecule has 1 atom stereocenters. The average molecular weight is 235 g/mol. The third-order valence-electron chi connectivity index (χ3n) is 3.94. The van der Waals surface area contributed by atoms with Gasteiger partial charge in [0.05, 0.1) is 17.4 Å². The van der Waals surface area contributed by atoms with Gasteiger partial charge in [-0.2, -0.15) is 0 Å². The lowest BCUT2D eigenvalue weighted by Crippen LogP contribution is -1.89. The zero-order valence-corrected chi connectivity index (χ0v) is 10.4. The highest BCUT2D eigenvalue weighted by Crippen LogP contribution is 2.33. The first kappa shape index (κ1) is 10.1. The van der Waals surface area contributed by atoms with Crippen LogP contribution in [0.4, 0.5) is 0 Å². The number of benzene rings is 2. The van der Waals surface area contributed by atoms with E-state index >= 15 is 0 Å². The van der Waals surface area contributed by atoms with Crippen LogP contribution < -0.4 is 0 Å². The Hall–Kier alpha value is -1.89. The van der Waals surface area contributed by atoms with Crippen molar-refractivity contribution in [3.63, 3.8) is 0 Å². The Balaban J connectivity index is 2.11. The number of fused-ring (bicyclic) bond motifs is 4. The first-order valence-electron chi connectivity index (χ1n) is 6.57. The smallest absolute Gasteiger partial charge is 0.212 e. The maximum absolute atomic E-state index is 6.08. The second kappa shape index (κ2) is 3.55. The summed E-state index contributed by atoms with van der Waals surface area (Å²) in [7, 11) is 0. The van der Waals surface area contributed by atoms with Crippen molar-refractivity contribution < 1.29 is 4.42 Å². The van der Waals surface area contributed by atoms with Crippen LogP contribution in [-0.4, -0.2) is 0 Å². The van der Waals surface area contributed by atoms with E-state index in [0.717, 1.165) is 18.4 Å². The minimum Gasteiger partial charge on any atom is -0.212 e. The van der Waals surface area contributed by atoms with Gasteiger partial charge in [0.2, 0.25) is 0 Å². The second-order valence-corrected chi connectivity index (χ2v) is 5.41. The molecule has 0 spiro atoms. The SMILES string of the molecule is CC1Cc2cc3c(ccc4ccccc43)[o+]c2C1. The van der Waals surface area contributed by atoms with Crippen molar-refractivity contribution in [1.29, 1.82) is 0 Å². The molecule has 1 heteroatoms. The molecule has 0 fully saturated rings. The maximum atomic E-state index is 6.08. The summed E-state index contributed by atoms with van der Waals surface area (Å²) in [4.78, 5) is 0. The van der Waals surface area contributed by atoms with E-state index in [-0.39, 0.29) is 0 Å². The predicted octanol–water partition coefficient (Wildman–Crippen LogP) is 4.60. The molecule has 0 amide bonds. The Morgan fingerprint density at radius 1 is 1.00 bits per heavy atom. The molecule has 0 N–H and O–H groups in total. The van der Waals surface area contributed by atoms with Crippen molar-refractivity contribution >= 4 is 21.7 Å². The van der Waals surface area contributed by atoms with Crippen molar-refractivity contribution in [2.45, 2.75) is 19.8 Å². The molecule has 88 valence electrons. The van der Waals surface area contributed by atoms with Crippen LogP contribution in [0, 0.1) is 5.92 Å². The molecule has 1 heterocycles. The van der Waals surface area contributed by atoms with E-state index in [2.05, 4.69) is 49.4 Å². The zero-order valence-electron chi connectivity index (χ0n) is 10.4. The van der Waals surface area contributed by atoms with Crippen LogP contribution in [-0.2, 0) is 12.8 Å². The number of rotatable bonds is 0. The van der Waals surface area contributed by atoms with E-state index in [9.17, 15) is 0 Å². The Morgan fingerprint density at radius 2 is 1.89 bits per heavy atom. The fourth-order valence-electron chi connectivity index (χ4n) is 3.08. The lowest BCUT2D eigenvalue weighted by molar-refractivity contribution is 0.517. The lowest BCUT2D eigenvalue weighted by Gasteiger charge is -1.99. The normalized spacial score (nSPS) is 18.4. The fraction of sp³-hybridized carbons (Fsp3) is 0.235. The minimum atomic E-state index is 0.715.